The normalized spacial score (nSPS) is 14.7. The zero-order valence-electron chi connectivity index (χ0n) is 22.3. The van der Waals surface area contributed by atoms with Gasteiger partial charge in [0, 0.05) is 18.1 Å². The van der Waals surface area contributed by atoms with Crippen LogP contribution >= 0.6 is 11.6 Å². The standard InChI is InChI=1S/C29H43ClO2Si2/c1-10-25(32-33(8,9)28(2,3)4)23-24(30)21-22-31-34(29(5,6)7,26-17-13-11-14-18-26)27-19-15-12-16-20-27/h10-20,23,25H,1,21-22H2,2-9H3/b24-23-/t25-/m1/s1. The van der Waals surface area contributed by atoms with Crippen LogP contribution in [0.5, 0.6) is 0 Å². The highest BCUT2D eigenvalue weighted by Crippen LogP contribution is 2.38. The Balaban J connectivity index is 2.29. The fraction of sp³-hybridized carbons (Fsp3) is 0.448. The third-order valence-corrected chi connectivity index (χ3v) is 16.7. The van der Waals surface area contributed by atoms with E-state index in [-0.39, 0.29) is 16.2 Å². The van der Waals surface area contributed by atoms with Crippen molar-refractivity contribution in [1.29, 1.82) is 0 Å². The summed E-state index contributed by atoms with van der Waals surface area (Å²) in [6.07, 6.45) is 4.27. The SMILES string of the molecule is C=C[C@H](/C=C(\Cl)CCO[Si](c1ccccc1)(c1ccccc1)C(C)(C)C)O[Si](C)(C)C(C)(C)C. The fourth-order valence-electron chi connectivity index (χ4n) is 3.99. The molecule has 0 aromatic heterocycles. The first-order valence-corrected chi connectivity index (χ1v) is 17.4. The van der Waals surface area contributed by atoms with Crippen LogP contribution in [0.15, 0.2) is 84.4 Å². The number of benzene rings is 2. The van der Waals surface area contributed by atoms with Crippen molar-refractivity contribution in [1.82, 2.24) is 0 Å². The van der Waals surface area contributed by atoms with E-state index in [1.54, 1.807) is 0 Å². The van der Waals surface area contributed by atoms with Crippen LogP contribution in [-0.2, 0) is 8.85 Å². The van der Waals surface area contributed by atoms with Crippen LogP contribution in [0, 0.1) is 0 Å². The summed E-state index contributed by atoms with van der Waals surface area (Å²) in [5.41, 5.74) is 0. The monoisotopic (exact) mass is 514 g/mol. The maximum Gasteiger partial charge on any atom is 0.261 e. The van der Waals surface area contributed by atoms with Crippen LogP contribution in [-0.4, -0.2) is 29.3 Å². The highest BCUT2D eigenvalue weighted by atomic mass is 35.5. The molecule has 0 heterocycles. The van der Waals surface area contributed by atoms with Gasteiger partial charge in [-0.15, -0.1) is 6.58 Å². The van der Waals surface area contributed by atoms with Crippen molar-refractivity contribution in [3.05, 3.63) is 84.4 Å². The number of hydrogen-bond donors (Lipinski definition) is 0. The maximum absolute atomic E-state index is 6.96. The smallest absolute Gasteiger partial charge is 0.261 e. The van der Waals surface area contributed by atoms with E-state index in [9.17, 15) is 0 Å². The highest BCUT2D eigenvalue weighted by molar-refractivity contribution is 6.99. The molecule has 186 valence electrons. The molecule has 2 aromatic carbocycles. The van der Waals surface area contributed by atoms with Gasteiger partial charge in [-0.2, -0.15) is 0 Å². The van der Waals surface area contributed by atoms with E-state index in [0.29, 0.717) is 13.0 Å². The first-order chi connectivity index (χ1) is 15.7. The van der Waals surface area contributed by atoms with Crippen molar-refractivity contribution < 1.29 is 8.85 Å². The van der Waals surface area contributed by atoms with Gasteiger partial charge in [0.05, 0.1) is 6.10 Å². The van der Waals surface area contributed by atoms with E-state index < -0.39 is 16.6 Å². The Morgan fingerprint density at radius 3 is 1.74 bits per heavy atom. The van der Waals surface area contributed by atoms with Gasteiger partial charge in [0.25, 0.3) is 8.32 Å². The minimum absolute atomic E-state index is 0.0546. The van der Waals surface area contributed by atoms with E-state index >= 15 is 0 Å². The fourth-order valence-corrected chi connectivity index (χ4v) is 9.96. The molecule has 2 aromatic rings. The maximum atomic E-state index is 6.96. The minimum Gasteiger partial charge on any atom is -0.407 e. The van der Waals surface area contributed by atoms with Crippen molar-refractivity contribution in [3.8, 4) is 0 Å². The third kappa shape index (κ3) is 6.82. The van der Waals surface area contributed by atoms with Crippen LogP contribution in [0.2, 0.25) is 23.2 Å². The summed E-state index contributed by atoms with van der Waals surface area (Å²) in [6.45, 7) is 22.6. The van der Waals surface area contributed by atoms with Crippen molar-refractivity contribution in [3.63, 3.8) is 0 Å². The Bertz CT molecular complexity index is 902. The summed E-state index contributed by atoms with van der Waals surface area (Å²) in [5.74, 6) is 0. The summed E-state index contributed by atoms with van der Waals surface area (Å²) in [5, 5.41) is 3.38. The summed E-state index contributed by atoms with van der Waals surface area (Å²) in [6, 6.07) is 21.4. The van der Waals surface area contributed by atoms with Gasteiger partial charge in [0.2, 0.25) is 0 Å². The van der Waals surface area contributed by atoms with Crippen LogP contribution in [0.4, 0.5) is 0 Å². The average molecular weight is 515 g/mol. The van der Waals surface area contributed by atoms with Crippen LogP contribution < -0.4 is 10.4 Å². The number of rotatable bonds is 10. The van der Waals surface area contributed by atoms with Gasteiger partial charge in [-0.3, -0.25) is 0 Å². The molecule has 0 fully saturated rings. The third-order valence-electron chi connectivity index (χ3n) is 6.89. The minimum atomic E-state index is -2.56. The van der Waals surface area contributed by atoms with Crippen LogP contribution in [0.1, 0.15) is 48.0 Å². The molecule has 0 N–H and O–H groups in total. The van der Waals surface area contributed by atoms with E-state index in [1.807, 2.05) is 12.2 Å². The number of halogens is 1. The molecule has 0 amide bonds. The van der Waals surface area contributed by atoms with E-state index in [0.717, 1.165) is 5.03 Å². The topological polar surface area (TPSA) is 18.5 Å². The summed E-state index contributed by atoms with van der Waals surface area (Å²) in [4.78, 5) is 0. The molecule has 0 aliphatic rings. The summed E-state index contributed by atoms with van der Waals surface area (Å²) in [7, 11) is -4.49. The molecule has 34 heavy (non-hydrogen) atoms. The van der Waals surface area contributed by atoms with Crippen LogP contribution in [0.3, 0.4) is 0 Å². The van der Waals surface area contributed by atoms with Gasteiger partial charge in [-0.25, -0.2) is 0 Å². The molecule has 0 saturated carbocycles. The van der Waals surface area contributed by atoms with Gasteiger partial charge >= 0.3 is 0 Å². The van der Waals surface area contributed by atoms with Gasteiger partial charge in [-0.05, 0) is 39.6 Å². The van der Waals surface area contributed by atoms with Gasteiger partial charge in [0.15, 0.2) is 8.32 Å². The molecule has 0 spiro atoms. The first-order valence-electron chi connectivity index (χ1n) is 12.2. The molecular formula is C29H43ClO2Si2. The Kier molecular flexibility index (Phi) is 9.77. The van der Waals surface area contributed by atoms with Crippen LogP contribution in [0.25, 0.3) is 0 Å². The molecule has 1 atom stereocenters. The Morgan fingerprint density at radius 1 is 0.882 bits per heavy atom. The highest BCUT2D eigenvalue weighted by Gasteiger charge is 2.50. The number of hydrogen-bond acceptors (Lipinski definition) is 2. The lowest BCUT2D eigenvalue weighted by molar-refractivity contribution is 0.266. The quantitative estimate of drug-likeness (QED) is 0.239. The van der Waals surface area contributed by atoms with E-state index in [1.165, 1.54) is 10.4 Å². The predicted octanol–water partition coefficient (Wildman–Crippen LogP) is 7.65. The zero-order chi connectivity index (χ0) is 25.6. The van der Waals surface area contributed by atoms with Crippen molar-refractivity contribution in [2.24, 2.45) is 0 Å². The average Bonchev–Trinajstić information content (AvgIpc) is 2.75. The van der Waals surface area contributed by atoms with Gasteiger partial charge < -0.3 is 8.85 Å². The second-order valence-electron chi connectivity index (χ2n) is 11.5. The summed E-state index contributed by atoms with van der Waals surface area (Å²) >= 11 is 6.72. The molecule has 2 rings (SSSR count). The Hall–Kier alpha value is -1.44. The molecule has 0 bridgehead atoms. The molecule has 0 saturated heterocycles. The van der Waals surface area contributed by atoms with Gasteiger partial charge in [0.1, 0.15) is 0 Å². The lowest BCUT2D eigenvalue weighted by Crippen LogP contribution is -2.66. The Morgan fingerprint density at radius 2 is 1.35 bits per heavy atom. The van der Waals surface area contributed by atoms with E-state index in [4.69, 9.17) is 20.5 Å². The lowest BCUT2D eigenvalue weighted by Gasteiger charge is -2.43. The molecule has 0 aliphatic carbocycles. The van der Waals surface area contributed by atoms with Gasteiger partial charge in [-0.1, -0.05) is 120 Å². The molecule has 5 heteroatoms. The zero-order valence-corrected chi connectivity index (χ0v) is 25.1. The molecule has 0 aliphatic heterocycles. The molecular weight excluding hydrogens is 472 g/mol. The van der Waals surface area contributed by atoms with E-state index in [2.05, 4.69) is 122 Å². The van der Waals surface area contributed by atoms with Crippen molar-refractivity contribution >= 4 is 38.6 Å². The molecule has 2 nitrogen and oxygen atoms in total. The summed E-state index contributed by atoms with van der Waals surface area (Å²) < 4.78 is 13.5. The second kappa shape index (κ2) is 11.5. The van der Waals surface area contributed by atoms with Crippen molar-refractivity contribution in [2.45, 2.75) is 77.2 Å². The molecule has 0 radical (unpaired) electrons. The lowest BCUT2D eigenvalue weighted by atomic mass is 10.2. The Labute approximate surface area is 215 Å². The largest absolute Gasteiger partial charge is 0.407 e. The molecule has 0 unspecified atom stereocenters. The predicted molar refractivity (Wildman–Crippen MR) is 154 cm³/mol. The second-order valence-corrected chi connectivity index (χ2v) is 21.0. The first kappa shape index (κ1) is 28.8. The van der Waals surface area contributed by atoms with Crippen molar-refractivity contribution in [2.75, 3.05) is 6.61 Å².